The van der Waals surface area contributed by atoms with Crippen molar-refractivity contribution < 1.29 is 4.79 Å². The van der Waals surface area contributed by atoms with E-state index >= 15 is 0 Å². The maximum atomic E-state index is 11.5. The number of amides is 1. The molecule has 0 atom stereocenters. The fourth-order valence-corrected chi connectivity index (χ4v) is 3.04. The number of pyridine rings is 1. The van der Waals surface area contributed by atoms with Crippen LogP contribution in [-0.4, -0.2) is 70.3 Å². The Kier molecular flexibility index (Phi) is 7.67. The predicted molar refractivity (Wildman–Crippen MR) is 114 cm³/mol. The smallest absolute Gasteiger partial charge is 0.219 e. The van der Waals surface area contributed by atoms with Gasteiger partial charge in [0, 0.05) is 65.0 Å². The van der Waals surface area contributed by atoms with E-state index < -0.39 is 0 Å². The molecule has 7 nitrogen and oxygen atoms in total. The van der Waals surface area contributed by atoms with Gasteiger partial charge in [0.15, 0.2) is 5.96 Å². The quantitative estimate of drug-likeness (QED) is 0.419. The maximum absolute atomic E-state index is 11.5. The molecule has 0 bridgehead atoms. The number of guanidine groups is 1. The molecule has 2 aromatic rings. The molecule has 0 saturated carbocycles. The van der Waals surface area contributed by atoms with Crippen LogP contribution in [-0.2, 0) is 11.2 Å². The normalized spacial score (nSPS) is 15.1. The standard InChI is InChI=1S/C18H26N6O.HI/c1-3-19-18(23-12-10-22(11-13-23)15(2)25)20-8-7-16-14-24-9-5-4-6-17(24)21-16;/h4-6,9,14H,3,7-8,10-13H2,1-2H3,(H,19,20);1H. The molecule has 1 amide bonds. The summed E-state index contributed by atoms with van der Waals surface area (Å²) in [5.41, 5.74) is 2.01. The van der Waals surface area contributed by atoms with E-state index in [9.17, 15) is 4.79 Å². The number of nitrogens with zero attached hydrogens (tertiary/aromatic N) is 5. The first kappa shape index (κ1) is 20.5. The second-order valence-electron chi connectivity index (χ2n) is 6.18. The van der Waals surface area contributed by atoms with Crippen LogP contribution >= 0.6 is 24.0 Å². The van der Waals surface area contributed by atoms with Gasteiger partial charge in [-0.05, 0) is 19.1 Å². The zero-order valence-corrected chi connectivity index (χ0v) is 17.7. The number of imidazole rings is 1. The lowest BCUT2D eigenvalue weighted by Gasteiger charge is -2.36. The van der Waals surface area contributed by atoms with Gasteiger partial charge in [-0.3, -0.25) is 9.79 Å². The molecule has 0 spiro atoms. The maximum Gasteiger partial charge on any atom is 0.219 e. The van der Waals surface area contributed by atoms with Crippen molar-refractivity contribution in [3.63, 3.8) is 0 Å². The average Bonchev–Trinajstić information content (AvgIpc) is 3.04. The van der Waals surface area contributed by atoms with Gasteiger partial charge < -0.3 is 19.5 Å². The Balaban J connectivity index is 0.00000243. The highest BCUT2D eigenvalue weighted by atomic mass is 127. The zero-order valence-electron chi connectivity index (χ0n) is 15.4. The first-order valence-corrected chi connectivity index (χ1v) is 8.88. The van der Waals surface area contributed by atoms with Gasteiger partial charge in [0.05, 0.1) is 5.69 Å². The van der Waals surface area contributed by atoms with E-state index in [-0.39, 0.29) is 29.9 Å². The lowest BCUT2D eigenvalue weighted by atomic mass is 10.3. The van der Waals surface area contributed by atoms with Crippen LogP contribution in [0.15, 0.2) is 35.6 Å². The van der Waals surface area contributed by atoms with E-state index in [4.69, 9.17) is 4.99 Å². The molecule has 3 rings (SSSR count). The number of nitrogens with one attached hydrogen (secondary N) is 1. The summed E-state index contributed by atoms with van der Waals surface area (Å²) in [5, 5.41) is 3.36. The van der Waals surface area contributed by atoms with Crippen molar-refractivity contribution >= 4 is 41.5 Å². The second kappa shape index (κ2) is 9.75. The number of piperazine rings is 1. The van der Waals surface area contributed by atoms with Crippen molar-refractivity contribution in [2.24, 2.45) is 4.99 Å². The minimum atomic E-state index is 0. The van der Waals surface area contributed by atoms with E-state index in [1.807, 2.05) is 33.7 Å². The molecule has 0 unspecified atom stereocenters. The van der Waals surface area contributed by atoms with E-state index in [0.29, 0.717) is 6.54 Å². The fourth-order valence-electron chi connectivity index (χ4n) is 3.04. The fraction of sp³-hybridized carbons (Fsp3) is 0.500. The lowest BCUT2D eigenvalue weighted by Crippen LogP contribution is -2.53. The Morgan fingerprint density at radius 3 is 2.62 bits per heavy atom. The third-order valence-corrected chi connectivity index (χ3v) is 4.40. The molecule has 1 aliphatic heterocycles. The number of halogens is 1. The Labute approximate surface area is 171 Å². The molecule has 1 N–H and O–H groups in total. The van der Waals surface area contributed by atoms with E-state index in [0.717, 1.165) is 56.4 Å². The van der Waals surface area contributed by atoms with Gasteiger partial charge in [-0.1, -0.05) is 6.07 Å². The summed E-state index contributed by atoms with van der Waals surface area (Å²) >= 11 is 0. The molecule has 3 heterocycles. The van der Waals surface area contributed by atoms with Crippen LogP contribution in [0.3, 0.4) is 0 Å². The van der Waals surface area contributed by atoms with Crippen molar-refractivity contribution in [3.8, 4) is 0 Å². The van der Waals surface area contributed by atoms with Crippen molar-refractivity contribution in [2.45, 2.75) is 20.3 Å². The number of carbonyl (C=O) groups is 1. The summed E-state index contributed by atoms with van der Waals surface area (Å²) < 4.78 is 2.03. The number of carbonyl (C=O) groups excluding carboxylic acids is 1. The number of fused-ring (bicyclic) bond motifs is 1. The Morgan fingerprint density at radius 2 is 1.96 bits per heavy atom. The summed E-state index contributed by atoms with van der Waals surface area (Å²) in [5.74, 6) is 1.07. The minimum absolute atomic E-state index is 0. The largest absolute Gasteiger partial charge is 0.357 e. The van der Waals surface area contributed by atoms with Crippen molar-refractivity contribution in [3.05, 3.63) is 36.3 Å². The summed E-state index contributed by atoms with van der Waals surface area (Å²) in [6.07, 6.45) is 4.88. The van der Waals surface area contributed by atoms with E-state index in [1.165, 1.54) is 0 Å². The third-order valence-electron chi connectivity index (χ3n) is 4.40. The molecule has 0 aromatic carbocycles. The molecule has 142 valence electrons. The summed E-state index contributed by atoms with van der Waals surface area (Å²) in [6, 6.07) is 6.00. The molecule has 0 radical (unpaired) electrons. The number of aromatic nitrogens is 2. The first-order valence-electron chi connectivity index (χ1n) is 8.88. The van der Waals surface area contributed by atoms with Gasteiger partial charge in [-0.2, -0.15) is 0 Å². The molecule has 26 heavy (non-hydrogen) atoms. The van der Waals surface area contributed by atoms with Crippen LogP contribution in [0.25, 0.3) is 5.65 Å². The highest BCUT2D eigenvalue weighted by Crippen LogP contribution is 2.06. The van der Waals surface area contributed by atoms with Gasteiger partial charge >= 0.3 is 0 Å². The summed E-state index contributed by atoms with van der Waals surface area (Å²) in [6.45, 7) is 8.38. The third kappa shape index (κ3) is 5.09. The van der Waals surface area contributed by atoms with Gasteiger partial charge in [0.1, 0.15) is 5.65 Å². The lowest BCUT2D eigenvalue weighted by molar-refractivity contribution is -0.130. The molecule has 1 fully saturated rings. The highest BCUT2D eigenvalue weighted by Gasteiger charge is 2.20. The van der Waals surface area contributed by atoms with Crippen LogP contribution < -0.4 is 5.32 Å². The average molecular weight is 470 g/mol. The molecule has 1 saturated heterocycles. The molecule has 2 aromatic heterocycles. The van der Waals surface area contributed by atoms with Crippen molar-refractivity contribution in [2.75, 3.05) is 39.3 Å². The van der Waals surface area contributed by atoms with Crippen LogP contribution in [0.5, 0.6) is 0 Å². The Morgan fingerprint density at radius 1 is 1.23 bits per heavy atom. The molecule has 8 heteroatoms. The van der Waals surface area contributed by atoms with E-state index in [1.54, 1.807) is 6.92 Å². The van der Waals surface area contributed by atoms with Gasteiger partial charge in [-0.15, -0.1) is 24.0 Å². The van der Waals surface area contributed by atoms with E-state index in [2.05, 4.69) is 28.3 Å². The number of aliphatic imine (C=N–C) groups is 1. The van der Waals surface area contributed by atoms with Gasteiger partial charge in [-0.25, -0.2) is 4.98 Å². The monoisotopic (exact) mass is 470 g/mol. The van der Waals surface area contributed by atoms with Gasteiger partial charge in [0.25, 0.3) is 0 Å². The topological polar surface area (TPSA) is 65.2 Å². The Bertz CT molecular complexity index is 718. The molecule has 0 aliphatic carbocycles. The second-order valence-corrected chi connectivity index (χ2v) is 6.18. The van der Waals surface area contributed by atoms with Crippen LogP contribution in [0.1, 0.15) is 19.5 Å². The van der Waals surface area contributed by atoms with Gasteiger partial charge in [0.2, 0.25) is 5.91 Å². The molecular weight excluding hydrogens is 443 g/mol. The predicted octanol–water partition coefficient (Wildman–Crippen LogP) is 1.62. The van der Waals surface area contributed by atoms with Crippen LogP contribution in [0, 0.1) is 0 Å². The zero-order chi connectivity index (χ0) is 17.6. The van der Waals surface area contributed by atoms with Crippen molar-refractivity contribution in [1.82, 2.24) is 24.5 Å². The number of hydrogen-bond donors (Lipinski definition) is 1. The highest BCUT2D eigenvalue weighted by molar-refractivity contribution is 14.0. The van der Waals surface area contributed by atoms with Crippen LogP contribution in [0.2, 0.25) is 0 Å². The SMILES string of the molecule is CCNC(=NCCc1cn2ccccc2n1)N1CCN(C(C)=O)CC1.I. The summed E-state index contributed by atoms with van der Waals surface area (Å²) in [4.78, 5) is 24.9. The number of rotatable bonds is 4. The van der Waals surface area contributed by atoms with Crippen LogP contribution in [0.4, 0.5) is 0 Å². The minimum Gasteiger partial charge on any atom is -0.357 e. The van der Waals surface area contributed by atoms with Crippen molar-refractivity contribution in [1.29, 1.82) is 0 Å². The number of hydrogen-bond acceptors (Lipinski definition) is 3. The molecule has 1 aliphatic rings. The first-order chi connectivity index (χ1) is 12.2. The summed E-state index contributed by atoms with van der Waals surface area (Å²) in [7, 11) is 0. The molecular formula is C18H27IN6O. The Hall–Kier alpha value is -1.84.